The van der Waals surface area contributed by atoms with Crippen molar-refractivity contribution in [2.24, 2.45) is 0 Å². The van der Waals surface area contributed by atoms with Gasteiger partial charge in [0.2, 0.25) is 0 Å². The average Bonchev–Trinajstić information content (AvgIpc) is 3.36. The number of rotatable bonds is 56. The van der Waals surface area contributed by atoms with Crippen molar-refractivity contribution in [2.45, 2.75) is 277 Å². The second-order valence-corrected chi connectivity index (χ2v) is 23.1. The van der Waals surface area contributed by atoms with Crippen molar-refractivity contribution in [2.75, 3.05) is 47.5 Å². The van der Waals surface area contributed by atoms with E-state index in [9.17, 15) is 19.0 Å². The summed E-state index contributed by atoms with van der Waals surface area (Å²) in [4.78, 5) is 37.6. The molecular weight excluding hydrogens is 942 g/mol. The third-order valence-corrected chi connectivity index (χ3v) is 14.2. The number of nitrogens with zero attached hydrogens (tertiary/aromatic N) is 1. The van der Waals surface area contributed by atoms with Crippen LogP contribution in [0.15, 0.2) is 72.9 Å². The molecule has 0 saturated heterocycles. The Morgan fingerprint density at radius 3 is 1.15 bits per heavy atom. The molecule has 0 aromatic rings. The lowest BCUT2D eigenvalue weighted by Gasteiger charge is -2.28. The van der Waals surface area contributed by atoms with Gasteiger partial charge in [-0.25, -0.2) is 0 Å². The zero-order chi connectivity index (χ0) is 54.2. The van der Waals surface area contributed by atoms with Crippen molar-refractivity contribution in [3.63, 3.8) is 0 Å². The second-order valence-electron chi connectivity index (χ2n) is 21.7. The molecular formula is C64H116NO8P. The van der Waals surface area contributed by atoms with Crippen LogP contribution in [-0.2, 0) is 32.7 Å². The molecule has 9 nitrogen and oxygen atoms in total. The van der Waals surface area contributed by atoms with E-state index in [1.807, 2.05) is 21.1 Å². The molecule has 2 atom stereocenters. The number of ether oxygens (including phenoxy) is 2. The topological polar surface area (TPSA) is 111 Å². The fourth-order valence-corrected chi connectivity index (χ4v) is 9.27. The quantitative estimate of drug-likeness (QED) is 0.0195. The van der Waals surface area contributed by atoms with Gasteiger partial charge in [0.1, 0.15) is 19.8 Å². The predicted octanol–water partition coefficient (Wildman–Crippen LogP) is 18.6. The molecule has 0 saturated carbocycles. The van der Waals surface area contributed by atoms with Crippen molar-refractivity contribution in [1.29, 1.82) is 0 Å². The Morgan fingerprint density at radius 2 is 0.770 bits per heavy atom. The maximum atomic E-state index is 12.8. The summed E-state index contributed by atoms with van der Waals surface area (Å²) in [5.41, 5.74) is 0. The third-order valence-electron chi connectivity index (χ3n) is 13.2. The van der Waals surface area contributed by atoms with Gasteiger partial charge in [-0.15, -0.1) is 0 Å². The smallest absolute Gasteiger partial charge is 0.306 e. The minimum Gasteiger partial charge on any atom is -0.756 e. The lowest BCUT2D eigenvalue weighted by Crippen LogP contribution is -2.37. The van der Waals surface area contributed by atoms with Crippen molar-refractivity contribution >= 4 is 19.8 Å². The molecule has 0 aliphatic heterocycles. The van der Waals surface area contributed by atoms with Crippen LogP contribution >= 0.6 is 7.82 Å². The van der Waals surface area contributed by atoms with Crippen molar-refractivity contribution in [3.05, 3.63) is 72.9 Å². The Labute approximate surface area is 457 Å². The van der Waals surface area contributed by atoms with E-state index in [-0.39, 0.29) is 32.0 Å². The highest BCUT2D eigenvalue weighted by Gasteiger charge is 2.22. The van der Waals surface area contributed by atoms with Gasteiger partial charge in [-0.05, 0) is 64.2 Å². The summed E-state index contributed by atoms with van der Waals surface area (Å²) in [6.07, 6.45) is 72.9. The van der Waals surface area contributed by atoms with E-state index in [1.165, 1.54) is 167 Å². The van der Waals surface area contributed by atoms with Crippen molar-refractivity contribution in [1.82, 2.24) is 0 Å². The van der Waals surface area contributed by atoms with Crippen LogP contribution in [0.3, 0.4) is 0 Å². The van der Waals surface area contributed by atoms with Crippen LogP contribution in [0.1, 0.15) is 271 Å². The minimum atomic E-state index is -4.63. The number of hydrogen-bond donors (Lipinski definition) is 0. The number of esters is 2. The molecule has 0 radical (unpaired) electrons. The van der Waals surface area contributed by atoms with Gasteiger partial charge >= 0.3 is 11.9 Å². The summed E-state index contributed by atoms with van der Waals surface area (Å²) in [6, 6.07) is 0. The Kier molecular flexibility index (Phi) is 53.3. The van der Waals surface area contributed by atoms with Gasteiger partial charge in [0.05, 0.1) is 27.7 Å². The normalized spacial score (nSPS) is 13.8. The number of quaternary nitrogens is 1. The number of hydrogen-bond acceptors (Lipinski definition) is 8. The molecule has 0 heterocycles. The second kappa shape index (κ2) is 55.2. The van der Waals surface area contributed by atoms with Gasteiger partial charge in [0, 0.05) is 12.8 Å². The molecule has 0 aromatic heterocycles. The maximum Gasteiger partial charge on any atom is 0.306 e. The summed E-state index contributed by atoms with van der Waals surface area (Å²) in [5, 5.41) is 0. The first-order valence-corrected chi connectivity index (χ1v) is 32.1. The van der Waals surface area contributed by atoms with E-state index >= 15 is 0 Å². The summed E-state index contributed by atoms with van der Waals surface area (Å²) >= 11 is 0. The molecule has 74 heavy (non-hydrogen) atoms. The monoisotopic (exact) mass is 1060 g/mol. The summed E-state index contributed by atoms with van der Waals surface area (Å²) in [5.74, 6) is -0.827. The number of likely N-dealkylation sites (N-methyl/N-ethyl adjacent to an activating group) is 1. The Balaban J connectivity index is 3.83. The first-order chi connectivity index (χ1) is 36.0. The molecule has 0 bridgehead atoms. The van der Waals surface area contributed by atoms with Gasteiger partial charge in [-0.1, -0.05) is 267 Å². The van der Waals surface area contributed by atoms with E-state index < -0.39 is 26.5 Å². The molecule has 2 unspecified atom stereocenters. The molecule has 0 aliphatic carbocycles. The lowest BCUT2D eigenvalue weighted by atomic mass is 10.0. The number of allylic oxidation sites excluding steroid dienone is 12. The van der Waals surface area contributed by atoms with Crippen LogP contribution in [0, 0.1) is 0 Å². The average molecular weight is 1060 g/mol. The molecule has 0 fully saturated rings. The number of carbonyl (C=O) groups excluding carboxylic acids is 2. The van der Waals surface area contributed by atoms with Crippen LogP contribution in [0.5, 0.6) is 0 Å². The number of carbonyl (C=O) groups is 2. The molecule has 0 aromatic carbocycles. The summed E-state index contributed by atoms with van der Waals surface area (Å²) in [6.45, 7) is 4.11. The maximum absolute atomic E-state index is 12.8. The van der Waals surface area contributed by atoms with Crippen molar-refractivity contribution in [3.8, 4) is 0 Å². The zero-order valence-electron chi connectivity index (χ0n) is 48.8. The standard InChI is InChI=1S/C64H116NO8P/c1-6-8-10-12-14-16-17-18-19-20-21-22-23-24-25-26-27-28-29-30-31-32-33-34-35-36-37-38-39-40-41-42-43-44-45-46-47-49-51-53-55-57-64(67)73-62(61-72-74(68,69)71-59-58-65(3,4)5)60-70-63(66)56-54-52-50-48-15-13-11-9-7-2/h8,10,14,16,18-19,21-22,24-25,27-28,62H,6-7,9,11-13,15,17,20,23,26,29-61H2,1-5H3/b10-8-,16-14-,19-18-,22-21-,25-24-,28-27-. The lowest BCUT2D eigenvalue weighted by molar-refractivity contribution is -0.870. The molecule has 0 aliphatic rings. The van der Waals surface area contributed by atoms with Gasteiger partial charge in [-0.3, -0.25) is 14.2 Å². The van der Waals surface area contributed by atoms with Gasteiger partial charge < -0.3 is 27.9 Å². The summed E-state index contributed by atoms with van der Waals surface area (Å²) < 4.78 is 34.0. The Morgan fingerprint density at radius 1 is 0.432 bits per heavy atom. The molecule has 0 rings (SSSR count). The van der Waals surface area contributed by atoms with E-state index in [1.54, 1.807) is 0 Å². The Hall–Kier alpha value is -2.55. The van der Waals surface area contributed by atoms with E-state index in [4.69, 9.17) is 18.5 Å². The van der Waals surface area contributed by atoms with Gasteiger partial charge in [0.25, 0.3) is 7.82 Å². The number of unbranched alkanes of at least 4 members (excludes halogenated alkanes) is 30. The third kappa shape index (κ3) is 58.7. The van der Waals surface area contributed by atoms with Crippen LogP contribution in [0.4, 0.5) is 0 Å². The first-order valence-electron chi connectivity index (χ1n) is 30.6. The van der Waals surface area contributed by atoms with Crippen molar-refractivity contribution < 1.29 is 42.1 Å². The minimum absolute atomic E-state index is 0.0293. The highest BCUT2D eigenvalue weighted by atomic mass is 31.2. The predicted molar refractivity (Wildman–Crippen MR) is 314 cm³/mol. The van der Waals surface area contributed by atoms with Crippen LogP contribution in [0.25, 0.3) is 0 Å². The first kappa shape index (κ1) is 71.5. The summed E-state index contributed by atoms with van der Waals surface area (Å²) in [7, 11) is 1.17. The van der Waals surface area contributed by atoms with Crippen LogP contribution < -0.4 is 4.89 Å². The molecule has 0 spiro atoms. The SMILES string of the molecule is CC/C=C\C/C=C\C/C=C\C/C=C\C/C=C\C/C=C\CCCCCCCCCCCCCCCCCCCCCCCCC(=O)OC(COC(=O)CCCCCCCCCCC)COP(=O)([O-])OCC[N+](C)(C)C. The Bertz CT molecular complexity index is 1480. The zero-order valence-corrected chi connectivity index (χ0v) is 49.7. The molecule has 0 N–H and O–H groups in total. The van der Waals surface area contributed by atoms with Gasteiger partial charge in [0.15, 0.2) is 6.10 Å². The van der Waals surface area contributed by atoms with E-state index in [0.29, 0.717) is 17.4 Å². The molecule has 0 amide bonds. The highest BCUT2D eigenvalue weighted by molar-refractivity contribution is 7.45. The van der Waals surface area contributed by atoms with Crippen LogP contribution in [0.2, 0.25) is 0 Å². The van der Waals surface area contributed by atoms with E-state index in [0.717, 1.165) is 70.6 Å². The van der Waals surface area contributed by atoms with E-state index in [2.05, 4.69) is 86.8 Å². The molecule has 10 heteroatoms. The fraction of sp³-hybridized carbons (Fsp3) is 0.781. The highest BCUT2D eigenvalue weighted by Crippen LogP contribution is 2.38. The number of phosphoric ester groups is 1. The molecule has 430 valence electrons. The number of phosphoric acid groups is 1. The largest absolute Gasteiger partial charge is 0.756 e. The van der Waals surface area contributed by atoms with Crippen LogP contribution in [-0.4, -0.2) is 70.0 Å². The van der Waals surface area contributed by atoms with Gasteiger partial charge in [-0.2, -0.15) is 0 Å². The fourth-order valence-electron chi connectivity index (χ4n) is 8.54.